The van der Waals surface area contributed by atoms with Crippen molar-refractivity contribution in [1.29, 1.82) is 0 Å². The van der Waals surface area contributed by atoms with Crippen molar-refractivity contribution < 1.29 is 9.53 Å². The fourth-order valence-electron chi connectivity index (χ4n) is 3.47. The summed E-state index contributed by atoms with van der Waals surface area (Å²) in [7, 11) is 0. The van der Waals surface area contributed by atoms with Crippen LogP contribution in [0.1, 0.15) is 19.3 Å². The minimum atomic E-state index is -0.414. The standard InChI is InChI=1S/C17H19N5O2/c23-16(21-12-3-1-7-18-11-12)15-5-4-13-14(24-15)6-10-22(13)17-19-8-2-9-20-17/h1-3,7-9,11,13-15H,4-6,10H2,(H,21,23)/t13-,14-,15+/m1/s1. The molecule has 2 aliphatic rings. The van der Waals surface area contributed by atoms with Gasteiger partial charge in [0.15, 0.2) is 0 Å². The van der Waals surface area contributed by atoms with Crippen molar-refractivity contribution in [3.8, 4) is 0 Å². The number of pyridine rings is 1. The van der Waals surface area contributed by atoms with Crippen molar-refractivity contribution in [2.45, 2.75) is 37.5 Å². The van der Waals surface area contributed by atoms with Crippen LogP contribution in [0.2, 0.25) is 0 Å². The summed E-state index contributed by atoms with van der Waals surface area (Å²) in [5.74, 6) is 0.641. The number of amides is 1. The van der Waals surface area contributed by atoms with Crippen molar-refractivity contribution in [3.63, 3.8) is 0 Å². The zero-order chi connectivity index (χ0) is 16.4. The summed E-state index contributed by atoms with van der Waals surface area (Å²) in [6, 6.07) is 5.67. The first-order chi connectivity index (χ1) is 11.8. The normalized spacial score (nSPS) is 26.0. The molecule has 0 saturated carbocycles. The molecule has 4 rings (SSSR count). The van der Waals surface area contributed by atoms with Gasteiger partial charge in [0, 0.05) is 25.1 Å². The number of fused-ring (bicyclic) bond motifs is 1. The van der Waals surface area contributed by atoms with Gasteiger partial charge in [0.05, 0.1) is 24.0 Å². The summed E-state index contributed by atoms with van der Waals surface area (Å²) in [5, 5.41) is 2.87. The number of ether oxygens (including phenoxy) is 1. The van der Waals surface area contributed by atoms with Crippen LogP contribution in [0.15, 0.2) is 43.0 Å². The number of hydrogen-bond donors (Lipinski definition) is 1. The fourth-order valence-corrected chi connectivity index (χ4v) is 3.47. The highest BCUT2D eigenvalue weighted by molar-refractivity contribution is 5.94. The fraction of sp³-hybridized carbons (Fsp3) is 0.412. The van der Waals surface area contributed by atoms with Gasteiger partial charge in [-0.25, -0.2) is 9.97 Å². The summed E-state index contributed by atoms with van der Waals surface area (Å²) in [4.78, 5) is 27.3. The number of carbonyl (C=O) groups is 1. The first-order valence-electron chi connectivity index (χ1n) is 8.21. The van der Waals surface area contributed by atoms with E-state index in [1.807, 2.05) is 12.1 Å². The lowest BCUT2D eigenvalue weighted by atomic mass is 9.98. The number of rotatable bonds is 3. The molecule has 0 spiro atoms. The maximum atomic E-state index is 12.4. The quantitative estimate of drug-likeness (QED) is 0.924. The molecule has 2 fully saturated rings. The predicted molar refractivity (Wildman–Crippen MR) is 88.5 cm³/mol. The SMILES string of the molecule is O=C(Nc1cccnc1)[C@@H]1CC[C@@H]2[C@@H](CCN2c2ncccn2)O1. The second kappa shape index (κ2) is 6.52. The van der Waals surface area contributed by atoms with Gasteiger partial charge < -0.3 is 15.0 Å². The summed E-state index contributed by atoms with van der Waals surface area (Å²) in [6.45, 7) is 0.857. The van der Waals surface area contributed by atoms with E-state index in [4.69, 9.17) is 4.74 Å². The van der Waals surface area contributed by atoms with Crippen LogP contribution in [0, 0.1) is 0 Å². The Labute approximate surface area is 140 Å². The first kappa shape index (κ1) is 15.0. The Morgan fingerprint density at radius 3 is 2.83 bits per heavy atom. The van der Waals surface area contributed by atoms with Gasteiger partial charge in [-0.05, 0) is 37.5 Å². The molecule has 2 aromatic rings. The summed E-state index contributed by atoms with van der Waals surface area (Å²) < 4.78 is 6.07. The third kappa shape index (κ3) is 2.94. The summed E-state index contributed by atoms with van der Waals surface area (Å²) in [5.41, 5.74) is 0.693. The second-order valence-corrected chi connectivity index (χ2v) is 6.07. The number of aromatic nitrogens is 3. The lowest BCUT2D eigenvalue weighted by Gasteiger charge is -2.35. The zero-order valence-corrected chi connectivity index (χ0v) is 13.2. The van der Waals surface area contributed by atoms with Crippen molar-refractivity contribution in [1.82, 2.24) is 15.0 Å². The van der Waals surface area contributed by atoms with Gasteiger partial charge >= 0.3 is 0 Å². The third-order valence-corrected chi connectivity index (χ3v) is 4.58. The van der Waals surface area contributed by atoms with Crippen molar-refractivity contribution >= 4 is 17.5 Å². The van der Waals surface area contributed by atoms with E-state index >= 15 is 0 Å². The Hall–Kier alpha value is -2.54. The van der Waals surface area contributed by atoms with Crippen LogP contribution in [0.4, 0.5) is 11.6 Å². The molecule has 24 heavy (non-hydrogen) atoms. The molecule has 124 valence electrons. The zero-order valence-electron chi connectivity index (χ0n) is 13.2. The van der Waals surface area contributed by atoms with Crippen LogP contribution in [-0.4, -0.2) is 45.7 Å². The average Bonchev–Trinajstić information content (AvgIpc) is 3.06. The predicted octanol–water partition coefficient (Wildman–Crippen LogP) is 1.64. The van der Waals surface area contributed by atoms with Gasteiger partial charge in [-0.2, -0.15) is 0 Å². The number of anilines is 2. The molecule has 0 unspecified atom stereocenters. The van der Waals surface area contributed by atoms with E-state index in [9.17, 15) is 4.79 Å². The molecule has 0 bridgehead atoms. The topological polar surface area (TPSA) is 80.2 Å². The lowest BCUT2D eigenvalue weighted by molar-refractivity contribution is -0.136. The minimum absolute atomic E-state index is 0.0483. The van der Waals surface area contributed by atoms with Crippen LogP contribution in [0.25, 0.3) is 0 Å². The Balaban J connectivity index is 1.40. The van der Waals surface area contributed by atoms with E-state index < -0.39 is 6.10 Å². The highest BCUT2D eigenvalue weighted by atomic mass is 16.5. The van der Waals surface area contributed by atoms with Crippen molar-refractivity contribution in [2.75, 3.05) is 16.8 Å². The molecular formula is C17H19N5O2. The second-order valence-electron chi connectivity index (χ2n) is 6.07. The van der Waals surface area contributed by atoms with Gasteiger partial charge in [-0.15, -0.1) is 0 Å². The van der Waals surface area contributed by atoms with Gasteiger partial charge in [0.1, 0.15) is 6.10 Å². The molecule has 7 heteroatoms. The molecule has 0 aromatic carbocycles. The highest BCUT2D eigenvalue weighted by Gasteiger charge is 2.42. The van der Waals surface area contributed by atoms with Crippen LogP contribution < -0.4 is 10.2 Å². The van der Waals surface area contributed by atoms with E-state index in [1.165, 1.54) is 0 Å². The monoisotopic (exact) mass is 325 g/mol. The van der Waals surface area contributed by atoms with E-state index in [2.05, 4.69) is 25.2 Å². The minimum Gasteiger partial charge on any atom is -0.363 e. The molecule has 3 atom stereocenters. The van der Waals surface area contributed by atoms with Gasteiger partial charge in [0.2, 0.25) is 5.95 Å². The molecule has 7 nitrogen and oxygen atoms in total. The average molecular weight is 325 g/mol. The maximum Gasteiger partial charge on any atom is 0.253 e. The van der Waals surface area contributed by atoms with Crippen LogP contribution in [0.3, 0.4) is 0 Å². The van der Waals surface area contributed by atoms with E-state index in [1.54, 1.807) is 30.9 Å². The largest absolute Gasteiger partial charge is 0.363 e. The van der Waals surface area contributed by atoms with E-state index in [-0.39, 0.29) is 18.1 Å². The van der Waals surface area contributed by atoms with E-state index in [0.717, 1.165) is 25.3 Å². The molecule has 1 N–H and O–H groups in total. The molecule has 2 aliphatic heterocycles. The Bertz CT molecular complexity index is 697. The van der Waals surface area contributed by atoms with Crippen LogP contribution >= 0.6 is 0 Å². The Morgan fingerprint density at radius 1 is 1.17 bits per heavy atom. The third-order valence-electron chi connectivity index (χ3n) is 4.58. The molecule has 0 aliphatic carbocycles. The Kier molecular flexibility index (Phi) is 4.08. The molecule has 0 radical (unpaired) electrons. The molecular weight excluding hydrogens is 306 g/mol. The molecule has 1 amide bonds. The number of carbonyl (C=O) groups excluding carboxylic acids is 1. The molecule has 2 aromatic heterocycles. The van der Waals surface area contributed by atoms with Crippen LogP contribution in [-0.2, 0) is 9.53 Å². The first-order valence-corrected chi connectivity index (χ1v) is 8.21. The molecule has 2 saturated heterocycles. The number of nitrogens with one attached hydrogen (secondary N) is 1. The molecule has 4 heterocycles. The van der Waals surface area contributed by atoms with Gasteiger partial charge in [-0.3, -0.25) is 9.78 Å². The smallest absolute Gasteiger partial charge is 0.253 e. The van der Waals surface area contributed by atoms with Crippen LogP contribution in [0.5, 0.6) is 0 Å². The Morgan fingerprint density at radius 2 is 2.04 bits per heavy atom. The maximum absolute atomic E-state index is 12.4. The number of nitrogens with zero attached hydrogens (tertiary/aromatic N) is 4. The van der Waals surface area contributed by atoms with Gasteiger partial charge in [-0.1, -0.05) is 0 Å². The van der Waals surface area contributed by atoms with Crippen molar-refractivity contribution in [2.24, 2.45) is 0 Å². The van der Waals surface area contributed by atoms with E-state index in [0.29, 0.717) is 12.1 Å². The number of hydrogen-bond acceptors (Lipinski definition) is 6. The highest BCUT2D eigenvalue weighted by Crippen LogP contribution is 2.33. The summed E-state index contributed by atoms with van der Waals surface area (Å²) >= 11 is 0. The lowest BCUT2D eigenvalue weighted by Crippen LogP contribution is -2.46. The van der Waals surface area contributed by atoms with Crippen molar-refractivity contribution in [3.05, 3.63) is 43.0 Å². The van der Waals surface area contributed by atoms with Gasteiger partial charge in [0.25, 0.3) is 5.91 Å². The summed E-state index contributed by atoms with van der Waals surface area (Å²) in [6.07, 6.45) is 8.93.